The van der Waals surface area contributed by atoms with Gasteiger partial charge in [0.05, 0.1) is 0 Å². The molecule has 0 unspecified atom stereocenters. The Kier molecular flexibility index (Phi) is 4.15. The van der Waals surface area contributed by atoms with Gasteiger partial charge in [-0.25, -0.2) is 0 Å². The number of amides is 1. The molecule has 2 rings (SSSR count). The quantitative estimate of drug-likeness (QED) is 0.852. The van der Waals surface area contributed by atoms with Crippen LogP contribution >= 0.6 is 0 Å². The van der Waals surface area contributed by atoms with Crippen LogP contribution in [0.5, 0.6) is 5.75 Å². The molecule has 0 saturated carbocycles. The van der Waals surface area contributed by atoms with Crippen LogP contribution in [-0.4, -0.2) is 24.2 Å². The van der Waals surface area contributed by atoms with Gasteiger partial charge in [-0.2, -0.15) is 0 Å². The molecule has 6 nitrogen and oxygen atoms in total. The number of carbonyl (C=O) groups is 1. The topological polar surface area (TPSA) is 90.4 Å². The highest BCUT2D eigenvalue weighted by Crippen LogP contribution is 2.16. The average Bonchev–Trinajstić information content (AvgIpc) is 2.85. The van der Waals surface area contributed by atoms with Crippen molar-refractivity contribution >= 4 is 11.6 Å². The molecular formula is C13H15N3O3. The number of aryl methyl sites for hydroxylation is 1. The minimum atomic E-state index is -0.313. The van der Waals surface area contributed by atoms with Gasteiger partial charge in [-0.05, 0) is 31.2 Å². The zero-order valence-corrected chi connectivity index (χ0v) is 10.6. The summed E-state index contributed by atoms with van der Waals surface area (Å²) in [5.41, 5.74) is 6.25. The molecule has 0 saturated heterocycles. The summed E-state index contributed by atoms with van der Waals surface area (Å²) in [6.07, 6.45) is 0. The normalized spacial score (nSPS) is 10.2. The van der Waals surface area contributed by atoms with E-state index in [4.69, 9.17) is 15.0 Å². The maximum absolute atomic E-state index is 11.8. The van der Waals surface area contributed by atoms with Crippen LogP contribution in [0, 0.1) is 6.92 Å². The number of rotatable bonds is 5. The number of aromatic nitrogens is 1. The van der Waals surface area contributed by atoms with Gasteiger partial charge in [-0.15, -0.1) is 0 Å². The van der Waals surface area contributed by atoms with Gasteiger partial charge in [0.25, 0.3) is 5.91 Å². The van der Waals surface area contributed by atoms with Crippen molar-refractivity contribution in [2.45, 2.75) is 6.92 Å². The molecular weight excluding hydrogens is 246 g/mol. The second-order valence-corrected chi connectivity index (χ2v) is 3.94. The van der Waals surface area contributed by atoms with E-state index in [-0.39, 0.29) is 11.6 Å². The number of carbonyl (C=O) groups excluding carboxylic acids is 1. The lowest BCUT2D eigenvalue weighted by Gasteiger charge is -2.06. The third-order valence-electron chi connectivity index (χ3n) is 2.36. The van der Waals surface area contributed by atoms with Crippen molar-refractivity contribution in [3.05, 3.63) is 41.8 Å². The second-order valence-electron chi connectivity index (χ2n) is 3.94. The van der Waals surface area contributed by atoms with Crippen LogP contribution in [0.1, 0.15) is 16.2 Å². The van der Waals surface area contributed by atoms with Gasteiger partial charge in [-0.1, -0.05) is 5.16 Å². The van der Waals surface area contributed by atoms with Crippen LogP contribution in [0.4, 0.5) is 5.69 Å². The Labute approximate surface area is 110 Å². The van der Waals surface area contributed by atoms with Gasteiger partial charge in [0.2, 0.25) is 0 Å². The number of ether oxygens (including phenoxy) is 1. The minimum Gasteiger partial charge on any atom is -0.492 e. The van der Waals surface area contributed by atoms with Gasteiger partial charge >= 0.3 is 0 Å². The van der Waals surface area contributed by atoms with Crippen molar-refractivity contribution in [1.82, 2.24) is 5.16 Å². The van der Waals surface area contributed by atoms with Gasteiger partial charge in [-0.3, -0.25) is 4.79 Å². The summed E-state index contributed by atoms with van der Waals surface area (Å²) < 4.78 is 10.2. The first-order chi connectivity index (χ1) is 9.19. The SMILES string of the molecule is Cc1cc(C(=O)Nc2ccc(OCCN)cc2)no1. The van der Waals surface area contributed by atoms with Crippen molar-refractivity contribution in [1.29, 1.82) is 0 Å². The Bertz CT molecular complexity index is 549. The zero-order valence-electron chi connectivity index (χ0n) is 10.6. The zero-order chi connectivity index (χ0) is 13.7. The minimum absolute atomic E-state index is 0.251. The number of hydrogen-bond donors (Lipinski definition) is 2. The van der Waals surface area contributed by atoms with E-state index in [1.807, 2.05) is 0 Å². The largest absolute Gasteiger partial charge is 0.492 e. The lowest BCUT2D eigenvalue weighted by Crippen LogP contribution is -2.12. The van der Waals surface area contributed by atoms with E-state index in [0.717, 1.165) is 0 Å². The number of hydrogen-bond acceptors (Lipinski definition) is 5. The smallest absolute Gasteiger partial charge is 0.277 e. The molecule has 100 valence electrons. The highest BCUT2D eigenvalue weighted by Gasteiger charge is 2.10. The fraction of sp³-hybridized carbons (Fsp3) is 0.231. The first kappa shape index (κ1) is 13.1. The first-order valence-electron chi connectivity index (χ1n) is 5.86. The number of nitrogens with one attached hydrogen (secondary N) is 1. The lowest BCUT2D eigenvalue weighted by molar-refractivity contribution is 0.101. The molecule has 2 aromatic rings. The van der Waals surface area contributed by atoms with E-state index in [9.17, 15) is 4.79 Å². The highest BCUT2D eigenvalue weighted by molar-refractivity contribution is 6.02. The standard InChI is InChI=1S/C13H15N3O3/c1-9-8-12(16-19-9)13(17)15-10-2-4-11(5-3-10)18-7-6-14/h2-5,8H,6-7,14H2,1H3,(H,15,17). The van der Waals surface area contributed by atoms with Crippen molar-refractivity contribution < 1.29 is 14.1 Å². The van der Waals surface area contributed by atoms with Crippen LogP contribution < -0.4 is 15.8 Å². The number of nitrogens with zero attached hydrogens (tertiary/aromatic N) is 1. The molecule has 1 aromatic carbocycles. The van der Waals surface area contributed by atoms with E-state index in [2.05, 4.69) is 10.5 Å². The molecule has 0 aliphatic heterocycles. The molecule has 0 aliphatic carbocycles. The summed E-state index contributed by atoms with van der Waals surface area (Å²) in [6.45, 7) is 2.65. The van der Waals surface area contributed by atoms with E-state index >= 15 is 0 Å². The Morgan fingerprint density at radius 2 is 2.16 bits per heavy atom. The van der Waals surface area contributed by atoms with Gasteiger partial charge < -0.3 is 20.3 Å². The van der Waals surface area contributed by atoms with Crippen LogP contribution in [0.2, 0.25) is 0 Å². The van der Waals surface area contributed by atoms with Gasteiger partial charge in [0.15, 0.2) is 5.69 Å². The molecule has 19 heavy (non-hydrogen) atoms. The van der Waals surface area contributed by atoms with Crippen LogP contribution in [0.15, 0.2) is 34.9 Å². The summed E-state index contributed by atoms with van der Waals surface area (Å²) in [4.78, 5) is 11.8. The fourth-order valence-corrected chi connectivity index (χ4v) is 1.48. The van der Waals surface area contributed by atoms with Crippen molar-refractivity contribution in [2.24, 2.45) is 5.73 Å². The summed E-state index contributed by atoms with van der Waals surface area (Å²) in [6, 6.07) is 8.60. The molecule has 0 fully saturated rings. The van der Waals surface area contributed by atoms with Crippen LogP contribution in [0.25, 0.3) is 0 Å². The fourth-order valence-electron chi connectivity index (χ4n) is 1.48. The van der Waals surface area contributed by atoms with Crippen LogP contribution in [-0.2, 0) is 0 Å². The van der Waals surface area contributed by atoms with Crippen molar-refractivity contribution in [3.63, 3.8) is 0 Å². The first-order valence-corrected chi connectivity index (χ1v) is 5.86. The summed E-state index contributed by atoms with van der Waals surface area (Å²) in [5, 5.41) is 6.36. The average molecular weight is 261 g/mol. The molecule has 0 bridgehead atoms. The molecule has 1 amide bonds. The van der Waals surface area contributed by atoms with Crippen molar-refractivity contribution in [3.8, 4) is 5.75 Å². The number of nitrogens with two attached hydrogens (primary N) is 1. The lowest BCUT2D eigenvalue weighted by atomic mass is 10.3. The molecule has 0 spiro atoms. The Morgan fingerprint density at radius 1 is 1.42 bits per heavy atom. The maximum atomic E-state index is 11.8. The number of benzene rings is 1. The van der Waals surface area contributed by atoms with E-state index in [0.29, 0.717) is 30.3 Å². The Hall–Kier alpha value is -2.34. The second kappa shape index (κ2) is 6.01. The van der Waals surface area contributed by atoms with E-state index < -0.39 is 0 Å². The Morgan fingerprint density at radius 3 is 2.74 bits per heavy atom. The van der Waals surface area contributed by atoms with Crippen molar-refractivity contribution in [2.75, 3.05) is 18.5 Å². The third kappa shape index (κ3) is 3.56. The van der Waals surface area contributed by atoms with E-state index in [1.54, 1.807) is 37.3 Å². The Balaban J connectivity index is 1.97. The third-order valence-corrected chi connectivity index (χ3v) is 2.36. The summed E-state index contributed by atoms with van der Waals surface area (Å²) >= 11 is 0. The molecule has 3 N–H and O–H groups in total. The molecule has 1 heterocycles. The maximum Gasteiger partial charge on any atom is 0.277 e. The van der Waals surface area contributed by atoms with Gasteiger partial charge in [0, 0.05) is 18.3 Å². The van der Waals surface area contributed by atoms with Gasteiger partial charge in [0.1, 0.15) is 18.1 Å². The molecule has 0 radical (unpaired) electrons. The number of anilines is 1. The van der Waals surface area contributed by atoms with E-state index in [1.165, 1.54) is 0 Å². The van der Waals surface area contributed by atoms with Crippen LogP contribution in [0.3, 0.4) is 0 Å². The highest BCUT2D eigenvalue weighted by atomic mass is 16.5. The summed E-state index contributed by atoms with van der Waals surface area (Å²) in [7, 11) is 0. The molecule has 0 aliphatic rings. The summed E-state index contributed by atoms with van der Waals surface area (Å²) in [5.74, 6) is 0.990. The molecule has 0 atom stereocenters. The predicted molar refractivity (Wildman–Crippen MR) is 70.2 cm³/mol. The molecule has 1 aromatic heterocycles. The monoisotopic (exact) mass is 261 g/mol. The molecule has 6 heteroatoms. The predicted octanol–water partition coefficient (Wildman–Crippen LogP) is 1.57.